The van der Waals surface area contributed by atoms with Crippen molar-refractivity contribution in [2.75, 3.05) is 18.4 Å². The van der Waals surface area contributed by atoms with Gasteiger partial charge in [-0.2, -0.15) is 0 Å². The van der Waals surface area contributed by atoms with Crippen molar-refractivity contribution >= 4 is 29.1 Å². The lowest BCUT2D eigenvalue weighted by molar-refractivity contribution is 0.0716. The van der Waals surface area contributed by atoms with Crippen molar-refractivity contribution in [2.45, 2.75) is 18.5 Å². The molecule has 2 aliphatic rings. The zero-order valence-electron chi connectivity index (χ0n) is 15.7. The number of fused-ring (bicyclic) bond motifs is 2. The number of hydrogen-bond acceptors (Lipinski definition) is 5. The molecule has 3 aromatic rings. The van der Waals surface area contributed by atoms with Crippen molar-refractivity contribution in [3.05, 3.63) is 71.4 Å². The standard InChI is InChI=1S/C22H20ClN5O/c23-16-5-1-14(2-6-16)20-9-10-24-22(27-20)26-17-7-3-15(4-8-17)21(29)28-13-18-11-19(28)12-25-18/h1-10,18-19,25H,11-13H2,(H,24,26,27). The molecule has 6 nitrogen and oxygen atoms in total. The smallest absolute Gasteiger partial charge is 0.254 e. The molecular weight excluding hydrogens is 386 g/mol. The molecule has 0 radical (unpaired) electrons. The van der Waals surface area contributed by atoms with Gasteiger partial charge in [0.05, 0.1) is 5.69 Å². The molecule has 2 unspecified atom stereocenters. The van der Waals surface area contributed by atoms with E-state index in [0.29, 0.717) is 28.6 Å². The first-order valence-corrected chi connectivity index (χ1v) is 10.0. The Labute approximate surface area is 173 Å². The number of benzene rings is 2. The SMILES string of the molecule is O=C(c1ccc(Nc2nccc(-c3ccc(Cl)cc3)n2)cc1)N1CC2CC1CN2. The maximum atomic E-state index is 12.8. The highest BCUT2D eigenvalue weighted by Crippen LogP contribution is 2.26. The fraction of sp³-hybridized carbons (Fsp3) is 0.227. The predicted molar refractivity (Wildman–Crippen MR) is 113 cm³/mol. The molecule has 2 bridgehead atoms. The van der Waals surface area contributed by atoms with Crippen LogP contribution in [0.1, 0.15) is 16.8 Å². The molecule has 0 aliphatic carbocycles. The number of hydrogen-bond donors (Lipinski definition) is 2. The van der Waals surface area contributed by atoms with Gasteiger partial charge in [0, 0.05) is 53.2 Å². The normalized spacial score (nSPS) is 20.1. The Morgan fingerprint density at radius 3 is 2.59 bits per heavy atom. The van der Waals surface area contributed by atoms with Crippen molar-refractivity contribution < 1.29 is 4.79 Å². The molecule has 29 heavy (non-hydrogen) atoms. The molecule has 2 saturated heterocycles. The van der Waals surface area contributed by atoms with Crippen LogP contribution in [0.4, 0.5) is 11.6 Å². The highest BCUT2D eigenvalue weighted by atomic mass is 35.5. The van der Waals surface area contributed by atoms with Gasteiger partial charge in [-0.05, 0) is 48.9 Å². The number of nitrogens with zero attached hydrogens (tertiary/aromatic N) is 3. The molecule has 2 aromatic carbocycles. The van der Waals surface area contributed by atoms with Gasteiger partial charge in [-0.1, -0.05) is 23.7 Å². The third-order valence-corrected chi connectivity index (χ3v) is 5.75. The molecule has 2 fully saturated rings. The summed E-state index contributed by atoms with van der Waals surface area (Å²) >= 11 is 5.96. The van der Waals surface area contributed by atoms with Crippen molar-refractivity contribution in [3.8, 4) is 11.3 Å². The molecule has 1 aromatic heterocycles. The van der Waals surface area contributed by atoms with E-state index in [-0.39, 0.29) is 5.91 Å². The second kappa shape index (κ2) is 7.46. The number of carbonyl (C=O) groups is 1. The van der Waals surface area contributed by atoms with E-state index in [9.17, 15) is 4.79 Å². The summed E-state index contributed by atoms with van der Waals surface area (Å²) in [5.41, 5.74) is 3.32. The van der Waals surface area contributed by atoms with Gasteiger partial charge in [0.25, 0.3) is 5.91 Å². The molecule has 2 atom stereocenters. The van der Waals surface area contributed by atoms with Crippen molar-refractivity contribution in [3.63, 3.8) is 0 Å². The minimum atomic E-state index is 0.103. The first kappa shape index (κ1) is 18.1. The lowest BCUT2D eigenvalue weighted by Crippen LogP contribution is -2.46. The van der Waals surface area contributed by atoms with E-state index in [1.807, 2.05) is 59.5 Å². The molecule has 146 valence electrons. The number of nitrogens with one attached hydrogen (secondary N) is 2. The van der Waals surface area contributed by atoms with Crippen LogP contribution in [0.5, 0.6) is 0 Å². The summed E-state index contributed by atoms with van der Waals surface area (Å²) in [6.07, 6.45) is 2.78. The van der Waals surface area contributed by atoms with E-state index in [1.165, 1.54) is 0 Å². The number of piperazine rings is 1. The summed E-state index contributed by atoms with van der Waals surface area (Å²) in [5.74, 6) is 0.603. The van der Waals surface area contributed by atoms with Gasteiger partial charge in [-0.15, -0.1) is 0 Å². The largest absolute Gasteiger partial charge is 0.333 e. The Morgan fingerprint density at radius 2 is 1.90 bits per heavy atom. The zero-order chi connectivity index (χ0) is 19.8. The third-order valence-electron chi connectivity index (χ3n) is 5.50. The van der Waals surface area contributed by atoms with Crippen LogP contribution in [0.25, 0.3) is 11.3 Å². The van der Waals surface area contributed by atoms with Gasteiger partial charge in [0.2, 0.25) is 5.95 Å². The molecule has 0 spiro atoms. The Kier molecular flexibility index (Phi) is 4.66. The number of carbonyl (C=O) groups excluding carboxylic acids is 1. The van der Waals surface area contributed by atoms with Crippen LogP contribution < -0.4 is 10.6 Å². The van der Waals surface area contributed by atoms with Crippen molar-refractivity contribution in [2.24, 2.45) is 0 Å². The Balaban J connectivity index is 1.29. The molecule has 5 rings (SSSR count). The highest BCUT2D eigenvalue weighted by molar-refractivity contribution is 6.30. The molecule has 2 aliphatic heterocycles. The van der Waals surface area contributed by atoms with Gasteiger partial charge in [-0.3, -0.25) is 4.79 Å². The van der Waals surface area contributed by atoms with E-state index >= 15 is 0 Å². The van der Waals surface area contributed by atoms with Crippen LogP contribution in [0.15, 0.2) is 60.8 Å². The number of aromatic nitrogens is 2. The summed E-state index contributed by atoms with van der Waals surface area (Å²) in [6, 6.07) is 17.6. The zero-order valence-corrected chi connectivity index (χ0v) is 16.4. The average molecular weight is 406 g/mol. The Bertz CT molecular complexity index is 1040. The second-order valence-corrected chi connectivity index (χ2v) is 7.86. The average Bonchev–Trinajstić information content (AvgIpc) is 3.38. The fourth-order valence-electron chi connectivity index (χ4n) is 4.00. The lowest BCUT2D eigenvalue weighted by atomic mass is 10.1. The summed E-state index contributed by atoms with van der Waals surface area (Å²) < 4.78 is 0. The summed E-state index contributed by atoms with van der Waals surface area (Å²) in [6.45, 7) is 1.70. The fourth-order valence-corrected chi connectivity index (χ4v) is 4.13. The van der Waals surface area contributed by atoms with Crippen LogP contribution in [0.3, 0.4) is 0 Å². The first-order valence-electron chi connectivity index (χ1n) is 9.66. The number of amides is 1. The maximum Gasteiger partial charge on any atom is 0.254 e. The summed E-state index contributed by atoms with van der Waals surface area (Å²) in [7, 11) is 0. The van der Waals surface area contributed by atoms with Crippen LogP contribution in [0, 0.1) is 0 Å². The Morgan fingerprint density at radius 1 is 1.10 bits per heavy atom. The molecular formula is C22H20ClN5O. The second-order valence-electron chi connectivity index (χ2n) is 7.43. The molecule has 0 saturated carbocycles. The highest BCUT2D eigenvalue weighted by Gasteiger charge is 2.40. The predicted octanol–water partition coefficient (Wildman–Crippen LogP) is 3.73. The van der Waals surface area contributed by atoms with E-state index in [0.717, 1.165) is 36.5 Å². The van der Waals surface area contributed by atoms with Crippen molar-refractivity contribution in [1.82, 2.24) is 20.2 Å². The number of halogens is 1. The van der Waals surface area contributed by atoms with Crippen molar-refractivity contribution in [1.29, 1.82) is 0 Å². The van der Waals surface area contributed by atoms with Gasteiger partial charge in [-0.25, -0.2) is 9.97 Å². The Hall–Kier alpha value is -2.96. The summed E-state index contributed by atoms with van der Waals surface area (Å²) in [5, 5.41) is 7.32. The van der Waals surface area contributed by atoms with Gasteiger partial charge >= 0.3 is 0 Å². The van der Waals surface area contributed by atoms with E-state index in [4.69, 9.17) is 11.6 Å². The molecule has 3 heterocycles. The van der Waals surface area contributed by atoms with Gasteiger partial charge in [0.15, 0.2) is 0 Å². The van der Waals surface area contributed by atoms with E-state index in [1.54, 1.807) is 6.20 Å². The first-order chi connectivity index (χ1) is 14.2. The van der Waals surface area contributed by atoms with Gasteiger partial charge < -0.3 is 15.5 Å². The number of likely N-dealkylation sites (tertiary alicyclic amines) is 1. The van der Waals surface area contributed by atoms with Crippen LogP contribution in [-0.4, -0.2) is 45.9 Å². The van der Waals surface area contributed by atoms with E-state index in [2.05, 4.69) is 20.6 Å². The maximum absolute atomic E-state index is 12.8. The molecule has 2 N–H and O–H groups in total. The van der Waals surface area contributed by atoms with Crippen LogP contribution >= 0.6 is 11.6 Å². The lowest BCUT2D eigenvalue weighted by Gasteiger charge is -2.27. The minimum Gasteiger partial charge on any atom is -0.333 e. The monoisotopic (exact) mass is 405 g/mol. The number of anilines is 2. The van der Waals surface area contributed by atoms with Gasteiger partial charge in [0.1, 0.15) is 0 Å². The summed E-state index contributed by atoms with van der Waals surface area (Å²) in [4.78, 5) is 23.6. The van der Waals surface area contributed by atoms with E-state index < -0.39 is 0 Å². The third kappa shape index (κ3) is 3.69. The molecule has 7 heteroatoms. The minimum absolute atomic E-state index is 0.103. The van der Waals surface area contributed by atoms with Crippen LogP contribution in [-0.2, 0) is 0 Å². The topological polar surface area (TPSA) is 70.2 Å². The van der Waals surface area contributed by atoms with Crippen LogP contribution in [0.2, 0.25) is 5.02 Å². The molecule has 1 amide bonds. The number of rotatable bonds is 4. The quantitative estimate of drug-likeness (QED) is 0.692.